The van der Waals surface area contributed by atoms with Gasteiger partial charge in [0.15, 0.2) is 0 Å². The van der Waals surface area contributed by atoms with Gasteiger partial charge < -0.3 is 20.3 Å². The molecule has 2 rings (SSSR count). The highest BCUT2D eigenvalue weighted by molar-refractivity contribution is 5.74. The first-order valence-electron chi connectivity index (χ1n) is 8.20. The summed E-state index contributed by atoms with van der Waals surface area (Å²) in [5, 5.41) is 9.75. The van der Waals surface area contributed by atoms with Gasteiger partial charge in [0.25, 0.3) is 5.56 Å². The highest BCUT2D eigenvalue weighted by Crippen LogP contribution is 2.16. The third-order valence-electron chi connectivity index (χ3n) is 3.70. The van der Waals surface area contributed by atoms with Crippen molar-refractivity contribution in [1.82, 2.24) is 20.4 Å². The van der Waals surface area contributed by atoms with E-state index in [0.717, 1.165) is 12.2 Å². The van der Waals surface area contributed by atoms with Gasteiger partial charge in [-0.1, -0.05) is 0 Å². The van der Waals surface area contributed by atoms with Crippen molar-refractivity contribution in [3.8, 4) is 0 Å². The largest absolute Gasteiger partial charge is 0.374 e. The second kappa shape index (κ2) is 7.65. The van der Waals surface area contributed by atoms with Crippen molar-refractivity contribution < 1.29 is 9.53 Å². The quantitative estimate of drug-likeness (QED) is 0.834. The minimum atomic E-state index is -0.255. The van der Waals surface area contributed by atoms with Gasteiger partial charge in [0.05, 0.1) is 24.6 Å². The normalized spacial score (nSPS) is 18.3. The number of rotatable bonds is 4. The molecule has 0 aromatic carbocycles. The van der Waals surface area contributed by atoms with Crippen LogP contribution in [0.15, 0.2) is 17.1 Å². The summed E-state index contributed by atoms with van der Waals surface area (Å²) in [6, 6.07) is 1.41. The fourth-order valence-electron chi connectivity index (χ4n) is 2.49. The number of aromatic nitrogens is 2. The number of hydrogen-bond donors (Lipinski definition) is 2. The van der Waals surface area contributed by atoms with Gasteiger partial charge in [0.2, 0.25) is 0 Å². The third kappa shape index (κ3) is 5.52. The number of nitrogens with zero attached hydrogens (tertiary/aromatic N) is 3. The van der Waals surface area contributed by atoms with Gasteiger partial charge in [-0.15, -0.1) is 0 Å². The molecule has 1 aliphatic rings. The van der Waals surface area contributed by atoms with Crippen molar-refractivity contribution in [2.75, 3.05) is 31.1 Å². The molecule has 2 heterocycles. The van der Waals surface area contributed by atoms with E-state index in [0.29, 0.717) is 26.1 Å². The molecule has 1 fully saturated rings. The molecule has 0 spiro atoms. The van der Waals surface area contributed by atoms with Crippen LogP contribution in [0.4, 0.5) is 10.5 Å². The molecule has 24 heavy (non-hydrogen) atoms. The first-order valence-corrected chi connectivity index (χ1v) is 8.20. The summed E-state index contributed by atoms with van der Waals surface area (Å²) in [5.74, 6) is 0. The van der Waals surface area contributed by atoms with Crippen LogP contribution < -0.4 is 21.1 Å². The third-order valence-corrected chi connectivity index (χ3v) is 3.70. The van der Waals surface area contributed by atoms with Crippen molar-refractivity contribution in [2.45, 2.75) is 38.8 Å². The highest BCUT2D eigenvalue weighted by Gasteiger charge is 2.21. The van der Waals surface area contributed by atoms with Crippen LogP contribution in [-0.4, -0.2) is 53.7 Å². The Labute approximate surface area is 142 Å². The van der Waals surface area contributed by atoms with Gasteiger partial charge in [0.1, 0.15) is 0 Å². The zero-order valence-electron chi connectivity index (χ0n) is 14.8. The molecule has 1 aromatic heterocycles. The van der Waals surface area contributed by atoms with Crippen molar-refractivity contribution in [3.63, 3.8) is 0 Å². The Morgan fingerprint density at radius 2 is 2.21 bits per heavy atom. The van der Waals surface area contributed by atoms with Crippen molar-refractivity contribution in [2.24, 2.45) is 7.05 Å². The van der Waals surface area contributed by atoms with Crippen LogP contribution in [-0.2, 0) is 11.8 Å². The molecule has 2 amide bonds. The lowest BCUT2D eigenvalue weighted by molar-refractivity contribution is 0.0358. The minimum Gasteiger partial charge on any atom is -0.374 e. The Morgan fingerprint density at radius 1 is 1.46 bits per heavy atom. The van der Waals surface area contributed by atoms with Crippen molar-refractivity contribution in [1.29, 1.82) is 0 Å². The molecule has 1 atom stereocenters. The smallest absolute Gasteiger partial charge is 0.315 e. The lowest BCUT2D eigenvalue weighted by atomic mass is 10.1. The first kappa shape index (κ1) is 18.3. The molecule has 0 radical (unpaired) electrons. The molecule has 8 nitrogen and oxygen atoms in total. The summed E-state index contributed by atoms with van der Waals surface area (Å²) >= 11 is 0. The number of carbonyl (C=O) groups is 1. The molecule has 0 bridgehead atoms. The standard InChI is InChI=1S/C16H27N5O3/c1-16(2,3)19-15(23)17-6-5-13-11-21(7-8-24-13)12-9-14(22)20(4)18-10-12/h9-10,13H,5-8,11H2,1-4H3,(H2,17,19,23)/t13-/m1/s1. The van der Waals surface area contributed by atoms with Crippen LogP contribution in [0.25, 0.3) is 0 Å². The maximum Gasteiger partial charge on any atom is 0.315 e. The molecule has 0 unspecified atom stereocenters. The number of anilines is 1. The van der Waals surface area contributed by atoms with Gasteiger partial charge in [-0.05, 0) is 27.2 Å². The average molecular weight is 337 g/mol. The topological polar surface area (TPSA) is 88.5 Å². The number of amides is 2. The van der Waals surface area contributed by atoms with E-state index in [4.69, 9.17) is 4.74 Å². The van der Waals surface area contributed by atoms with E-state index in [2.05, 4.69) is 20.6 Å². The Morgan fingerprint density at radius 3 is 2.88 bits per heavy atom. The van der Waals surface area contributed by atoms with Gasteiger partial charge in [-0.3, -0.25) is 4.79 Å². The zero-order chi connectivity index (χ0) is 17.7. The van der Waals surface area contributed by atoms with E-state index in [1.54, 1.807) is 19.3 Å². The Bertz CT molecular complexity index is 623. The van der Waals surface area contributed by atoms with E-state index in [-0.39, 0.29) is 23.2 Å². The maximum atomic E-state index is 11.7. The lowest BCUT2D eigenvalue weighted by Gasteiger charge is -2.34. The Hall–Kier alpha value is -2.09. The van der Waals surface area contributed by atoms with E-state index in [1.165, 1.54) is 4.68 Å². The van der Waals surface area contributed by atoms with Crippen LogP contribution in [0, 0.1) is 0 Å². The summed E-state index contributed by atoms with van der Waals surface area (Å²) in [7, 11) is 1.63. The van der Waals surface area contributed by atoms with Crippen LogP contribution >= 0.6 is 0 Å². The van der Waals surface area contributed by atoms with Gasteiger partial charge in [0, 0.05) is 38.3 Å². The predicted octanol–water partition coefficient (Wildman–Crippen LogP) is 0.473. The van der Waals surface area contributed by atoms with Crippen LogP contribution in [0.3, 0.4) is 0 Å². The van der Waals surface area contributed by atoms with Crippen molar-refractivity contribution >= 4 is 11.7 Å². The number of hydrogen-bond acceptors (Lipinski definition) is 5. The van der Waals surface area contributed by atoms with E-state index < -0.39 is 0 Å². The molecule has 0 saturated carbocycles. The monoisotopic (exact) mass is 337 g/mol. The van der Waals surface area contributed by atoms with E-state index in [9.17, 15) is 9.59 Å². The summed E-state index contributed by atoms with van der Waals surface area (Å²) < 4.78 is 7.05. The highest BCUT2D eigenvalue weighted by atomic mass is 16.5. The van der Waals surface area contributed by atoms with Crippen LogP contribution in [0.5, 0.6) is 0 Å². The average Bonchev–Trinajstić information content (AvgIpc) is 2.48. The summed E-state index contributed by atoms with van der Waals surface area (Å²) in [6.45, 7) is 8.34. The van der Waals surface area contributed by atoms with Gasteiger partial charge >= 0.3 is 6.03 Å². The number of aryl methyl sites for hydroxylation is 1. The zero-order valence-corrected chi connectivity index (χ0v) is 14.8. The Balaban J connectivity index is 1.82. The molecule has 1 saturated heterocycles. The second-order valence-corrected chi connectivity index (χ2v) is 7.03. The summed E-state index contributed by atoms with van der Waals surface area (Å²) in [6.07, 6.45) is 2.42. The molecule has 1 aromatic rings. The molecular weight excluding hydrogens is 310 g/mol. The molecular formula is C16H27N5O3. The lowest BCUT2D eigenvalue weighted by Crippen LogP contribution is -2.48. The summed E-state index contributed by atoms with van der Waals surface area (Å²) in [4.78, 5) is 25.5. The van der Waals surface area contributed by atoms with Crippen molar-refractivity contribution in [3.05, 3.63) is 22.6 Å². The number of nitrogens with one attached hydrogen (secondary N) is 2. The number of urea groups is 1. The molecule has 2 N–H and O–H groups in total. The fraction of sp³-hybridized carbons (Fsp3) is 0.688. The number of morpholine rings is 1. The van der Waals surface area contributed by atoms with Crippen LogP contribution in [0.1, 0.15) is 27.2 Å². The maximum absolute atomic E-state index is 11.7. The first-order chi connectivity index (χ1) is 11.2. The van der Waals surface area contributed by atoms with Crippen LogP contribution in [0.2, 0.25) is 0 Å². The summed E-state index contributed by atoms with van der Waals surface area (Å²) in [5.41, 5.74) is 0.426. The second-order valence-electron chi connectivity index (χ2n) is 7.03. The van der Waals surface area contributed by atoms with Gasteiger partial charge in [-0.25, -0.2) is 9.48 Å². The molecule has 0 aliphatic carbocycles. The predicted molar refractivity (Wildman–Crippen MR) is 92.3 cm³/mol. The SMILES string of the molecule is Cn1ncc(N2CCO[C@H](CCNC(=O)NC(C)(C)C)C2)cc1=O. The molecule has 8 heteroatoms. The van der Waals surface area contributed by atoms with E-state index in [1.807, 2.05) is 20.8 Å². The van der Waals surface area contributed by atoms with Gasteiger partial charge in [-0.2, -0.15) is 5.10 Å². The Kier molecular flexibility index (Phi) is 5.82. The fourth-order valence-corrected chi connectivity index (χ4v) is 2.49. The number of ether oxygens (including phenoxy) is 1. The molecule has 1 aliphatic heterocycles. The molecule has 134 valence electrons. The van der Waals surface area contributed by atoms with E-state index >= 15 is 0 Å². The minimum absolute atomic E-state index is 0.0118. The number of carbonyl (C=O) groups excluding carboxylic acids is 1.